The van der Waals surface area contributed by atoms with E-state index in [4.69, 9.17) is 15.7 Å². The van der Waals surface area contributed by atoms with Crippen LogP contribution in [0.15, 0.2) is 6.07 Å². The van der Waals surface area contributed by atoms with Crippen molar-refractivity contribution in [3.8, 4) is 0 Å². The van der Waals surface area contributed by atoms with Crippen molar-refractivity contribution in [3.63, 3.8) is 0 Å². The number of hydrogen-bond donors (Lipinski definition) is 0. The lowest BCUT2D eigenvalue weighted by Gasteiger charge is -2.19. The Balaban J connectivity index is 2.52. The van der Waals surface area contributed by atoms with Crippen LogP contribution in [0.4, 0.5) is 0 Å². The topological polar surface area (TPSA) is 0 Å². The van der Waals surface area contributed by atoms with Crippen molar-refractivity contribution < 1.29 is 0 Å². The van der Waals surface area contributed by atoms with Crippen molar-refractivity contribution in [2.45, 2.75) is 40.0 Å². The number of rotatable bonds is 1. The Morgan fingerprint density at radius 1 is 1.25 bits per heavy atom. The molecule has 2 atom stereocenters. The maximum atomic E-state index is 6.13. The number of fused-ring (bicyclic) bond motifs is 1. The lowest BCUT2D eigenvalue weighted by molar-refractivity contribution is 0.356. The number of hydrogen-bond acceptors (Lipinski definition) is 0. The van der Waals surface area contributed by atoms with Crippen LogP contribution in [0.2, 0.25) is 0 Å². The van der Waals surface area contributed by atoms with Gasteiger partial charge in [0, 0.05) is 0 Å². The van der Waals surface area contributed by atoms with E-state index in [2.05, 4.69) is 26.8 Å². The van der Waals surface area contributed by atoms with Gasteiger partial charge in [0.05, 0.1) is 0 Å². The van der Waals surface area contributed by atoms with Gasteiger partial charge in [0.2, 0.25) is 0 Å². The first-order chi connectivity index (χ1) is 7.43. The predicted octanol–water partition coefficient (Wildman–Crippen LogP) is 1.51. The summed E-state index contributed by atoms with van der Waals surface area (Å²) in [6.07, 6.45) is 1.09. The lowest BCUT2D eigenvalue weighted by Crippen LogP contribution is -2.31. The standard InChI is InChI=1S/C14H18B2/c1-7(2)10-6-12-11(9(10)4)5-8(3)13(15)14(12)16/h5,7,9-10H,6H2,1-4H3. The van der Waals surface area contributed by atoms with E-state index in [0.29, 0.717) is 17.8 Å². The van der Waals surface area contributed by atoms with E-state index < -0.39 is 0 Å². The first kappa shape index (κ1) is 11.8. The van der Waals surface area contributed by atoms with Crippen LogP contribution < -0.4 is 10.9 Å². The second kappa shape index (κ2) is 3.98. The Labute approximate surface area is 102 Å². The number of aryl methyl sites for hydroxylation is 1. The highest BCUT2D eigenvalue weighted by Crippen LogP contribution is 2.40. The van der Waals surface area contributed by atoms with E-state index >= 15 is 0 Å². The van der Waals surface area contributed by atoms with Gasteiger partial charge in [-0.1, -0.05) is 43.4 Å². The molecule has 2 heteroatoms. The van der Waals surface area contributed by atoms with E-state index in [9.17, 15) is 0 Å². The summed E-state index contributed by atoms with van der Waals surface area (Å²) in [6.45, 7) is 8.94. The molecule has 1 aromatic carbocycles. The van der Waals surface area contributed by atoms with E-state index in [1.54, 1.807) is 0 Å². The van der Waals surface area contributed by atoms with Crippen molar-refractivity contribution in [3.05, 3.63) is 22.8 Å². The summed E-state index contributed by atoms with van der Waals surface area (Å²) >= 11 is 0. The molecule has 1 aliphatic carbocycles. The van der Waals surface area contributed by atoms with E-state index in [0.717, 1.165) is 22.9 Å². The third-order valence-electron chi connectivity index (χ3n) is 4.19. The third kappa shape index (κ3) is 1.63. The Morgan fingerprint density at radius 2 is 1.88 bits per heavy atom. The highest BCUT2D eigenvalue weighted by molar-refractivity contribution is 6.50. The average Bonchev–Trinajstić information content (AvgIpc) is 2.54. The summed E-state index contributed by atoms with van der Waals surface area (Å²) in [5.41, 5.74) is 5.44. The highest BCUT2D eigenvalue weighted by Gasteiger charge is 2.32. The Bertz CT molecular complexity index is 421. The highest BCUT2D eigenvalue weighted by atomic mass is 14.4. The summed E-state index contributed by atoms with van der Waals surface area (Å²) in [4.78, 5) is 0. The molecule has 2 unspecified atom stereocenters. The number of benzene rings is 1. The maximum absolute atomic E-state index is 6.13. The van der Waals surface area contributed by atoms with Crippen molar-refractivity contribution >= 4 is 26.6 Å². The van der Waals surface area contributed by atoms with Gasteiger partial charge in [0.15, 0.2) is 0 Å². The molecule has 0 fully saturated rings. The minimum Gasteiger partial charge on any atom is -0.100 e. The molecule has 0 bridgehead atoms. The van der Waals surface area contributed by atoms with Crippen LogP contribution in [-0.4, -0.2) is 15.7 Å². The maximum Gasteiger partial charge on any atom is 0.113 e. The van der Waals surface area contributed by atoms with Gasteiger partial charge in [-0.3, -0.25) is 0 Å². The molecule has 0 aliphatic heterocycles. The fourth-order valence-electron chi connectivity index (χ4n) is 3.02. The first-order valence-corrected chi connectivity index (χ1v) is 6.10. The molecule has 0 saturated carbocycles. The van der Waals surface area contributed by atoms with Gasteiger partial charge in [-0.2, -0.15) is 0 Å². The fraction of sp³-hybridized carbons (Fsp3) is 0.571. The van der Waals surface area contributed by atoms with Gasteiger partial charge in [-0.15, -0.1) is 5.46 Å². The molecule has 0 spiro atoms. The lowest BCUT2D eigenvalue weighted by atomic mass is 9.74. The van der Waals surface area contributed by atoms with Crippen LogP contribution in [0.25, 0.3) is 0 Å². The first-order valence-electron chi connectivity index (χ1n) is 6.10. The monoisotopic (exact) mass is 208 g/mol. The molecule has 4 radical (unpaired) electrons. The van der Waals surface area contributed by atoms with Crippen LogP contribution in [0, 0.1) is 18.8 Å². The minimum absolute atomic E-state index is 0.608. The molecule has 1 aromatic rings. The van der Waals surface area contributed by atoms with E-state index in [1.807, 2.05) is 6.92 Å². The molecule has 0 nitrogen and oxygen atoms in total. The van der Waals surface area contributed by atoms with Gasteiger partial charge in [-0.25, -0.2) is 0 Å². The van der Waals surface area contributed by atoms with Crippen LogP contribution in [0.5, 0.6) is 0 Å². The van der Waals surface area contributed by atoms with Gasteiger partial charge in [0.1, 0.15) is 15.7 Å². The van der Waals surface area contributed by atoms with Crippen molar-refractivity contribution in [1.82, 2.24) is 0 Å². The molecule has 0 heterocycles. The molecule has 0 N–H and O–H groups in total. The van der Waals surface area contributed by atoms with Gasteiger partial charge >= 0.3 is 0 Å². The molecule has 1 aliphatic rings. The van der Waals surface area contributed by atoms with Gasteiger partial charge in [-0.05, 0) is 36.7 Å². The molecule has 80 valence electrons. The van der Waals surface area contributed by atoms with Gasteiger partial charge in [0.25, 0.3) is 0 Å². The second-order valence-corrected chi connectivity index (χ2v) is 5.49. The summed E-state index contributed by atoms with van der Waals surface area (Å²) < 4.78 is 0. The van der Waals surface area contributed by atoms with Crippen molar-refractivity contribution in [1.29, 1.82) is 0 Å². The molecular weight excluding hydrogens is 190 g/mol. The van der Waals surface area contributed by atoms with Crippen molar-refractivity contribution in [2.75, 3.05) is 0 Å². The summed E-state index contributed by atoms with van der Waals surface area (Å²) in [5, 5.41) is 0. The molecule has 2 rings (SSSR count). The zero-order valence-corrected chi connectivity index (χ0v) is 10.7. The van der Waals surface area contributed by atoms with Gasteiger partial charge < -0.3 is 0 Å². The largest absolute Gasteiger partial charge is 0.113 e. The molecular formula is C14H18B2. The van der Waals surface area contributed by atoms with Crippen LogP contribution in [0.1, 0.15) is 43.4 Å². The normalized spacial score (nSPS) is 23.8. The molecule has 0 amide bonds. The minimum atomic E-state index is 0.608. The Hall–Kier alpha value is -0.650. The molecule has 0 aromatic heterocycles. The zero-order valence-electron chi connectivity index (χ0n) is 10.7. The van der Waals surface area contributed by atoms with E-state index in [-0.39, 0.29) is 0 Å². The SMILES string of the molecule is [B]c1c(C)cc2c(c1[B])CC(C(C)C)C2C. The summed E-state index contributed by atoms with van der Waals surface area (Å²) in [7, 11) is 12.1. The molecule has 0 saturated heterocycles. The quantitative estimate of drug-likeness (QED) is 0.613. The van der Waals surface area contributed by atoms with Crippen LogP contribution >= 0.6 is 0 Å². The third-order valence-corrected chi connectivity index (χ3v) is 4.19. The van der Waals surface area contributed by atoms with Crippen molar-refractivity contribution in [2.24, 2.45) is 11.8 Å². The Morgan fingerprint density at radius 3 is 2.44 bits per heavy atom. The van der Waals surface area contributed by atoms with Crippen LogP contribution in [0.3, 0.4) is 0 Å². The van der Waals surface area contributed by atoms with Crippen LogP contribution in [-0.2, 0) is 6.42 Å². The molecule has 16 heavy (non-hydrogen) atoms. The fourth-order valence-corrected chi connectivity index (χ4v) is 3.02. The average molecular weight is 208 g/mol. The predicted molar refractivity (Wildman–Crippen MR) is 72.4 cm³/mol. The summed E-state index contributed by atoms with van der Waals surface area (Å²) in [5.74, 6) is 2.01. The second-order valence-electron chi connectivity index (χ2n) is 5.49. The van der Waals surface area contributed by atoms with E-state index in [1.165, 1.54) is 11.1 Å². The zero-order chi connectivity index (χ0) is 12.0. The smallest absolute Gasteiger partial charge is 0.100 e. The summed E-state index contributed by atoms with van der Waals surface area (Å²) in [6, 6.07) is 2.23. The Kier molecular flexibility index (Phi) is 2.94.